The molecule has 0 saturated carbocycles. The van der Waals surface area contributed by atoms with Crippen LogP contribution < -0.4 is 15.4 Å². The Morgan fingerprint density at radius 1 is 0.967 bits per heavy atom. The van der Waals surface area contributed by atoms with E-state index in [-0.39, 0.29) is 12.0 Å². The molecule has 0 saturated heterocycles. The van der Waals surface area contributed by atoms with E-state index in [4.69, 9.17) is 9.47 Å². The molecule has 160 valence electrons. The molecular weight excluding hydrogens is 384 g/mol. The van der Waals surface area contributed by atoms with Gasteiger partial charge in [-0.3, -0.25) is 10.1 Å². The van der Waals surface area contributed by atoms with Gasteiger partial charge in [0.25, 0.3) is 5.91 Å². The van der Waals surface area contributed by atoms with Crippen LogP contribution in [0.25, 0.3) is 0 Å². The maximum Gasteiger partial charge on any atom is 0.345 e. The molecule has 2 aromatic rings. The SMILES string of the molecule is CCNC(=O)NC(=O)[C@H](OC(=O)COc1ccc(C(C)(C)C)cc1)c1ccccc1. The number of hydrogen-bond donors (Lipinski definition) is 2. The van der Waals surface area contributed by atoms with Gasteiger partial charge in [0, 0.05) is 12.1 Å². The highest BCUT2D eigenvalue weighted by Crippen LogP contribution is 2.24. The molecule has 7 heteroatoms. The van der Waals surface area contributed by atoms with Gasteiger partial charge >= 0.3 is 12.0 Å². The van der Waals surface area contributed by atoms with Gasteiger partial charge in [0.2, 0.25) is 6.10 Å². The minimum absolute atomic E-state index is 0.0117. The molecule has 0 aliphatic rings. The molecule has 0 heterocycles. The van der Waals surface area contributed by atoms with Crippen molar-refractivity contribution in [2.45, 2.75) is 39.2 Å². The number of nitrogens with one attached hydrogen (secondary N) is 2. The standard InChI is InChI=1S/C23H28N2O5/c1-5-24-22(28)25-21(27)20(16-9-7-6-8-10-16)30-19(26)15-29-18-13-11-17(12-14-18)23(2,3)4/h6-14,20H,5,15H2,1-4H3,(H2,24,25,27,28)/t20-/m1/s1. The van der Waals surface area contributed by atoms with Crippen LogP contribution >= 0.6 is 0 Å². The van der Waals surface area contributed by atoms with Gasteiger partial charge in [-0.15, -0.1) is 0 Å². The van der Waals surface area contributed by atoms with Gasteiger partial charge in [0.05, 0.1) is 0 Å². The molecule has 0 aliphatic carbocycles. The average molecular weight is 412 g/mol. The summed E-state index contributed by atoms with van der Waals surface area (Å²) in [6, 6.07) is 15.3. The van der Waals surface area contributed by atoms with Crippen molar-refractivity contribution in [3.8, 4) is 5.75 Å². The lowest BCUT2D eigenvalue weighted by atomic mass is 9.87. The Labute approximate surface area is 176 Å². The fraction of sp³-hybridized carbons (Fsp3) is 0.348. The molecule has 0 fully saturated rings. The van der Waals surface area contributed by atoms with E-state index in [0.29, 0.717) is 17.9 Å². The molecule has 0 aromatic heterocycles. The number of esters is 1. The van der Waals surface area contributed by atoms with E-state index in [2.05, 4.69) is 31.4 Å². The second-order valence-electron chi connectivity index (χ2n) is 7.69. The minimum Gasteiger partial charge on any atom is -0.482 e. The van der Waals surface area contributed by atoms with Crippen molar-refractivity contribution < 1.29 is 23.9 Å². The predicted molar refractivity (Wildman–Crippen MR) is 113 cm³/mol. The smallest absolute Gasteiger partial charge is 0.345 e. The summed E-state index contributed by atoms with van der Waals surface area (Å²) in [7, 11) is 0. The number of amides is 3. The lowest BCUT2D eigenvalue weighted by Crippen LogP contribution is -2.42. The topological polar surface area (TPSA) is 93.7 Å². The van der Waals surface area contributed by atoms with E-state index in [1.54, 1.807) is 49.4 Å². The first-order valence-electron chi connectivity index (χ1n) is 9.77. The van der Waals surface area contributed by atoms with Crippen molar-refractivity contribution in [3.05, 3.63) is 65.7 Å². The summed E-state index contributed by atoms with van der Waals surface area (Å²) in [6.45, 7) is 8.04. The van der Waals surface area contributed by atoms with Crippen molar-refractivity contribution >= 4 is 17.9 Å². The Bertz CT molecular complexity index is 857. The second-order valence-corrected chi connectivity index (χ2v) is 7.69. The van der Waals surface area contributed by atoms with Gasteiger partial charge in [-0.25, -0.2) is 9.59 Å². The Morgan fingerprint density at radius 2 is 1.60 bits per heavy atom. The van der Waals surface area contributed by atoms with Crippen molar-refractivity contribution in [1.29, 1.82) is 0 Å². The van der Waals surface area contributed by atoms with E-state index in [0.717, 1.165) is 5.56 Å². The molecule has 0 aliphatic heterocycles. The van der Waals surface area contributed by atoms with Crippen LogP contribution in [-0.2, 0) is 19.7 Å². The van der Waals surface area contributed by atoms with Gasteiger partial charge in [0.15, 0.2) is 6.61 Å². The summed E-state index contributed by atoms with van der Waals surface area (Å²) >= 11 is 0. The average Bonchev–Trinajstić information content (AvgIpc) is 2.71. The summed E-state index contributed by atoms with van der Waals surface area (Å²) in [6.07, 6.45) is -1.27. The number of rotatable bonds is 7. The number of urea groups is 1. The second kappa shape index (κ2) is 10.4. The monoisotopic (exact) mass is 412 g/mol. The van der Waals surface area contributed by atoms with Crippen LogP contribution in [0.5, 0.6) is 5.75 Å². The third-order valence-corrected chi connectivity index (χ3v) is 4.24. The Kier molecular flexibility index (Phi) is 7.98. The molecule has 2 rings (SSSR count). The first-order chi connectivity index (χ1) is 14.2. The lowest BCUT2D eigenvalue weighted by Gasteiger charge is -2.19. The summed E-state index contributed by atoms with van der Waals surface area (Å²) < 4.78 is 10.8. The Balaban J connectivity index is 2.01. The number of imide groups is 1. The molecule has 2 N–H and O–H groups in total. The number of hydrogen-bond acceptors (Lipinski definition) is 5. The van der Waals surface area contributed by atoms with E-state index in [1.807, 2.05) is 12.1 Å². The number of carbonyl (C=O) groups is 3. The highest BCUT2D eigenvalue weighted by atomic mass is 16.6. The summed E-state index contributed by atoms with van der Waals surface area (Å²) in [5.74, 6) is -0.951. The fourth-order valence-corrected chi connectivity index (χ4v) is 2.64. The van der Waals surface area contributed by atoms with Crippen LogP contribution in [0.4, 0.5) is 4.79 Å². The van der Waals surface area contributed by atoms with E-state index in [9.17, 15) is 14.4 Å². The molecule has 0 unspecified atom stereocenters. The molecule has 1 atom stereocenters. The van der Waals surface area contributed by atoms with Gasteiger partial charge in [-0.1, -0.05) is 63.2 Å². The van der Waals surface area contributed by atoms with Crippen LogP contribution in [0.1, 0.15) is 44.9 Å². The molecule has 0 bridgehead atoms. The summed E-state index contributed by atoms with van der Waals surface area (Å²) in [5.41, 5.74) is 1.60. The zero-order chi connectivity index (χ0) is 22.1. The first kappa shape index (κ1) is 22.9. The zero-order valence-corrected chi connectivity index (χ0v) is 17.7. The Hall–Kier alpha value is -3.35. The van der Waals surface area contributed by atoms with Crippen molar-refractivity contribution in [2.75, 3.05) is 13.2 Å². The summed E-state index contributed by atoms with van der Waals surface area (Å²) in [4.78, 5) is 36.5. The third kappa shape index (κ3) is 6.92. The largest absolute Gasteiger partial charge is 0.482 e. The number of ether oxygens (including phenoxy) is 2. The van der Waals surface area contributed by atoms with Gasteiger partial charge in [-0.2, -0.15) is 0 Å². The van der Waals surface area contributed by atoms with Gasteiger partial charge in [0.1, 0.15) is 5.75 Å². The van der Waals surface area contributed by atoms with Crippen LogP contribution in [0.3, 0.4) is 0 Å². The maximum atomic E-state index is 12.5. The third-order valence-electron chi connectivity index (χ3n) is 4.24. The highest BCUT2D eigenvalue weighted by Gasteiger charge is 2.26. The quantitative estimate of drug-likeness (QED) is 0.679. The molecule has 2 aromatic carbocycles. The van der Waals surface area contributed by atoms with Crippen LogP contribution in [0, 0.1) is 0 Å². The van der Waals surface area contributed by atoms with Gasteiger partial charge in [-0.05, 0) is 30.0 Å². The fourth-order valence-electron chi connectivity index (χ4n) is 2.64. The molecule has 3 amide bonds. The predicted octanol–water partition coefficient (Wildman–Crippen LogP) is 3.49. The van der Waals surface area contributed by atoms with E-state index in [1.165, 1.54) is 0 Å². The van der Waals surface area contributed by atoms with Crippen LogP contribution in [0.2, 0.25) is 0 Å². The zero-order valence-electron chi connectivity index (χ0n) is 17.7. The molecule has 7 nitrogen and oxygen atoms in total. The van der Waals surface area contributed by atoms with E-state index < -0.39 is 24.0 Å². The van der Waals surface area contributed by atoms with Crippen molar-refractivity contribution in [1.82, 2.24) is 10.6 Å². The maximum absolute atomic E-state index is 12.5. The van der Waals surface area contributed by atoms with Crippen molar-refractivity contribution in [3.63, 3.8) is 0 Å². The molecule has 30 heavy (non-hydrogen) atoms. The minimum atomic E-state index is -1.27. The normalized spacial score (nSPS) is 11.9. The highest BCUT2D eigenvalue weighted by molar-refractivity contribution is 5.97. The number of carbonyl (C=O) groups excluding carboxylic acids is 3. The number of benzene rings is 2. The van der Waals surface area contributed by atoms with E-state index >= 15 is 0 Å². The van der Waals surface area contributed by atoms with Gasteiger partial charge < -0.3 is 14.8 Å². The summed E-state index contributed by atoms with van der Waals surface area (Å²) in [5, 5.41) is 4.63. The Morgan fingerprint density at radius 3 is 2.17 bits per heavy atom. The molecule has 0 radical (unpaired) electrons. The molecular formula is C23H28N2O5. The molecule has 0 spiro atoms. The van der Waals surface area contributed by atoms with Crippen LogP contribution in [0.15, 0.2) is 54.6 Å². The van der Waals surface area contributed by atoms with Crippen LogP contribution in [-0.4, -0.2) is 31.1 Å². The first-order valence-corrected chi connectivity index (χ1v) is 9.77. The lowest BCUT2D eigenvalue weighted by molar-refractivity contribution is -0.158. The van der Waals surface area contributed by atoms with Crippen molar-refractivity contribution in [2.24, 2.45) is 0 Å².